The number of carboxylic acids is 1. The van der Waals surface area contributed by atoms with Gasteiger partial charge in [-0.15, -0.1) is 0 Å². The van der Waals surface area contributed by atoms with Gasteiger partial charge < -0.3 is 10.4 Å². The number of carboxylic acid groups (broad SMARTS) is 1. The number of hydrogen-bond donors (Lipinski definition) is 2. The molecule has 7 nitrogen and oxygen atoms in total. The number of halogens is 2. The van der Waals surface area contributed by atoms with Gasteiger partial charge in [0, 0.05) is 23.4 Å². The summed E-state index contributed by atoms with van der Waals surface area (Å²) in [5.41, 5.74) is 1.80. The van der Waals surface area contributed by atoms with Crippen LogP contribution < -0.4 is 10.9 Å². The van der Waals surface area contributed by atoms with Gasteiger partial charge in [-0.2, -0.15) is 0 Å². The van der Waals surface area contributed by atoms with Crippen molar-refractivity contribution in [1.29, 1.82) is 0 Å². The fourth-order valence-corrected chi connectivity index (χ4v) is 5.91. The van der Waals surface area contributed by atoms with Gasteiger partial charge in [0.1, 0.15) is 11.0 Å². The molecule has 0 saturated heterocycles. The van der Waals surface area contributed by atoms with E-state index in [1.807, 2.05) is 26.0 Å². The summed E-state index contributed by atoms with van der Waals surface area (Å²) in [5.74, 6) is -0.493. The summed E-state index contributed by atoms with van der Waals surface area (Å²) in [4.78, 5) is 33.8. The third-order valence-corrected chi connectivity index (χ3v) is 7.37. The maximum atomic E-state index is 13.4. The summed E-state index contributed by atoms with van der Waals surface area (Å²) in [6.45, 7) is 3.46. The zero-order valence-electron chi connectivity index (χ0n) is 18.6. The number of aryl methyl sites for hydroxylation is 1. The topological polar surface area (TPSA) is 97.1 Å². The summed E-state index contributed by atoms with van der Waals surface area (Å²) in [6, 6.07) is 6.50. The van der Waals surface area contributed by atoms with Gasteiger partial charge in [0.2, 0.25) is 0 Å². The first kappa shape index (κ1) is 21.8. The van der Waals surface area contributed by atoms with Gasteiger partial charge in [-0.1, -0.05) is 17.7 Å². The van der Waals surface area contributed by atoms with Crippen molar-refractivity contribution < 1.29 is 14.3 Å². The van der Waals surface area contributed by atoms with Crippen LogP contribution in [0.3, 0.4) is 0 Å². The number of carbonyl (C=O) groups is 1. The number of pyridine rings is 1. The van der Waals surface area contributed by atoms with Crippen molar-refractivity contribution in [3.05, 3.63) is 62.4 Å². The van der Waals surface area contributed by atoms with Crippen molar-refractivity contribution in [3.8, 4) is 0 Å². The van der Waals surface area contributed by atoms with E-state index in [0.717, 1.165) is 30.4 Å². The van der Waals surface area contributed by atoms with Gasteiger partial charge in [-0.25, -0.2) is 14.8 Å². The number of aromatic nitrogens is 3. The van der Waals surface area contributed by atoms with Crippen LogP contribution in [0, 0.1) is 12.3 Å². The highest BCUT2D eigenvalue weighted by Gasteiger charge is 2.70. The Labute approximate surface area is 194 Å². The Morgan fingerprint density at radius 2 is 2.00 bits per heavy atom. The summed E-state index contributed by atoms with van der Waals surface area (Å²) in [7, 11) is 1.73. The van der Waals surface area contributed by atoms with E-state index < -0.39 is 5.97 Å². The highest BCUT2D eigenvalue weighted by atomic mass is 35.5. The highest BCUT2D eigenvalue weighted by Crippen LogP contribution is 2.73. The second-order valence-electron chi connectivity index (χ2n) is 9.70. The number of aromatic carboxylic acids is 1. The third kappa shape index (κ3) is 3.22. The van der Waals surface area contributed by atoms with Crippen LogP contribution in [0.4, 0.5) is 10.1 Å². The van der Waals surface area contributed by atoms with Gasteiger partial charge in [-0.3, -0.25) is 13.8 Å². The number of nitrogens with zero attached hydrogens (tertiary/aromatic N) is 3. The number of rotatable bonds is 6. The molecule has 2 aromatic heterocycles. The second-order valence-corrected chi connectivity index (χ2v) is 10.1. The molecular weight excluding hydrogens is 447 g/mol. The van der Waals surface area contributed by atoms with Crippen LogP contribution in [-0.2, 0) is 12.5 Å². The summed E-state index contributed by atoms with van der Waals surface area (Å²) in [6.07, 6.45) is 2.15. The van der Waals surface area contributed by atoms with Gasteiger partial charge in [0.05, 0.1) is 29.3 Å². The minimum Gasteiger partial charge on any atom is -0.476 e. The van der Waals surface area contributed by atoms with Gasteiger partial charge in [-0.05, 0) is 56.9 Å². The summed E-state index contributed by atoms with van der Waals surface area (Å²) < 4.78 is 15.0. The molecule has 2 bridgehead atoms. The Morgan fingerprint density at radius 1 is 1.30 bits per heavy atom. The van der Waals surface area contributed by atoms with Crippen LogP contribution in [0.15, 0.2) is 29.1 Å². The molecule has 9 heteroatoms. The van der Waals surface area contributed by atoms with Crippen molar-refractivity contribution in [2.75, 3.05) is 12.0 Å². The molecule has 0 spiro atoms. The average Bonchev–Trinajstić information content (AvgIpc) is 2.71. The van der Waals surface area contributed by atoms with Crippen molar-refractivity contribution >= 4 is 34.2 Å². The zero-order valence-corrected chi connectivity index (χ0v) is 19.3. The van der Waals surface area contributed by atoms with Crippen LogP contribution in [-0.4, -0.2) is 32.3 Å². The highest BCUT2D eigenvalue weighted by molar-refractivity contribution is 6.29. The first-order chi connectivity index (χ1) is 15.6. The molecule has 3 fully saturated rings. The van der Waals surface area contributed by atoms with E-state index in [1.165, 1.54) is 6.07 Å². The van der Waals surface area contributed by atoms with E-state index in [4.69, 9.17) is 16.6 Å². The fourth-order valence-electron chi connectivity index (χ4n) is 5.76. The normalized spacial score (nSPS) is 24.2. The number of benzene rings is 1. The standard InChI is InChI=1S/C24H24ClFN4O3/c1-12-6-14(13(2)27-16-4-5-17(25)28-19(16)21(32)33)18-15(7-12)20(31)30(3)22(29-18)24-8-23(9-24,10-24)11-26/h4-7,13,27H,8-11H2,1-3H3,(H,32,33)/t13-,23?,24?/m1/s1. The molecule has 2 heterocycles. The first-order valence-electron chi connectivity index (χ1n) is 10.8. The molecule has 3 saturated carbocycles. The molecule has 3 aromatic rings. The van der Waals surface area contributed by atoms with Gasteiger partial charge in [0.15, 0.2) is 5.69 Å². The van der Waals surface area contributed by atoms with Gasteiger partial charge in [0.25, 0.3) is 5.56 Å². The van der Waals surface area contributed by atoms with E-state index in [0.29, 0.717) is 22.4 Å². The fraction of sp³-hybridized carbons (Fsp3) is 0.417. The number of alkyl halides is 1. The number of anilines is 1. The molecule has 2 N–H and O–H groups in total. The van der Waals surface area contributed by atoms with E-state index in [9.17, 15) is 19.1 Å². The lowest BCUT2D eigenvalue weighted by molar-refractivity contribution is -0.158. The molecule has 3 aliphatic carbocycles. The molecule has 0 radical (unpaired) electrons. The summed E-state index contributed by atoms with van der Waals surface area (Å²) in [5, 5.41) is 13.3. The van der Waals surface area contributed by atoms with Crippen LogP contribution >= 0.6 is 11.6 Å². The molecular formula is C24H24ClFN4O3. The van der Waals surface area contributed by atoms with E-state index >= 15 is 0 Å². The second kappa shape index (κ2) is 7.25. The van der Waals surface area contributed by atoms with Crippen LogP contribution in [0.1, 0.15) is 59.7 Å². The quantitative estimate of drug-likeness (QED) is 0.513. The SMILES string of the molecule is Cc1cc([C@@H](C)Nc2ccc(Cl)nc2C(=O)O)c2nc(C34CC(CF)(C3)C4)n(C)c(=O)c2c1. The van der Waals surface area contributed by atoms with Crippen LogP contribution in [0.5, 0.6) is 0 Å². The van der Waals surface area contributed by atoms with Crippen molar-refractivity contribution in [1.82, 2.24) is 14.5 Å². The minimum atomic E-state index is -1.19. The van der Waals surface area contributed by atoms with E-state index in [2.05, 4.69) is 10.3 Å². The number of nitrogens with one attached hydrogen (secondary N) is 1. The molecule has 172 valence electrons. The van der Waals surface area contributed by atoms with Gasteiger partial charge >= 0.3 is 5.97 Å². The maximum Gasteiger partial charge on any atom is 0.356 e. The number of hydrogen-bond acceptors (Lipinski definition) is 5. The van der Waals surface area contributed by atoms with Crippen molar-refractivity contribution in [3.63, 3.8) is 0 Å². The first-order valence-corrected chi connectivity index (χ1v) is 11.2. The van der Waals surface area contributed by atoms with Crippen LogP contribution in [0.2, 0.25) is 5.15 Å². The summed E-state index contributed by atoms with van der Waals surface area (Å²) >= 11 is 5.88. The Balaban J connectivity index is 1.60. The molecule has 33 heavy (non-hydrogen) atoms. The molecule has 6 rings (SSSR count). The minimum absolute atomic E-state index is 0.0889. The van der Waals surface area contributed by atoms with Crippen LogP contribution in [0.25, 0.3) is 10.9 Å². The third-order valence-electron chi connectivity index (χ3n) is 7.15. The maximum absolute atomic E-state index is 13.4. The lowest BCUT2D eigenvalue weighted by Gasteiger charge is -2.69. The largest absolute Gasteiger partial charge is 0.476 e. The van der Waals surface area contributed by atoms with E-state index in [1.54, 1.807) is 17.7 Å². The lowest BCUT2D eigenvalue weighted by atomic mass is 9.35. The molecule has 0 unspecified atom stereocenters. The smallest absolute Gasteiger partial charge is 0.356 e. The van der Waals surface area contributed by atoms with Crippen molar-refractivity contribution in [2.45, 2.75) is 44.6 Å². The monoisotopic (exact) mass is 470 g/mol. The zero-order chi connectivity index (χ0) is 23.7. The molecule has 0 amide bonds. The van der Waals surface area contributed by atoms with Crippen molar-refractivity contribution in [2.24, 2.45) is 12.5 Å². The Morgan fingerprint density at radius 3 is 2.64 bits per heavy atom. The lowest BCUT2D eigenvalue weighted by Crippen LogP contribution is -2.67. The number of fused-ring (bicyclic) bond motifs is 1. The molecule has 3 aliphatic rings. The Bertz CT molecular complexity index is 1370. The molecule has 0 aliphatic heterocycles. The predicted molar refractivity (Wildman–Crippen MR) is 124 cm³/mol. The predicted octanol–water partition coefficient (Wildman–Crippen LogP) is 4.55. The van der Waals surface area contributed by atoms with E-state index in [-0.39, 0.29) is 40.0 Å². The Hall–Kier alpha value is -3.00. The average molecular weight is 471 g/mol. The Kier molecular flexibility index (Phi) is 4.79. The molecule has 1 atom stereocenters. The molecule has 1 aromatic carbocycles.